The van der Waals surface area contributed by atoms with Gasteiger partial charge >= 0.3 is 0 Å². The van der Waals surface area contributed by atoms with Gasteiger partial charge in [0.05, 0.1) is 6.04 Å². The molecule has 4 aromatic rings. The molecule has 0 aliphatic carbocycles. The van der Waals surface area contributed by atoms with Gasteiger partial charge in [0, 0.05) is 28.4 Å². The van der Waals surface area contributed by atoms with Gasteiger partial charge in [-0.25, -0.2) is 0 Å². The van der Waals surface area contributed by atoms with E-state index >= 15 is 0 Å². The fraction of sp³-hybridized carbons (Fsp3) is 0.107. The van der Waals surface area contributed by atoms with E-state index in [4.69, 9.17) is 0 Å². The summed E-state index contributed by atoms with van der Waals surface area (Å²) in [5, 5.41) is 16.3. The van der Waals surface area contributed by atoms with Crippen LogP contribution in [0.2, 0.25) is 0 Å². The van der Waals surface area contributed by atoms with E-state index in [1.807, 2.05) is 102 Å². The molecule has 6 nitrogen and oxygen atoms in total. The van der Waals surface area contributed by atoms with Crippen LogP contribution in [0.15, 0.2) is 96.7 Å². The van der Waals surface area contributed by atoms with Crippen molar-refractivity contribution in [2.45, 2.75) is 19.5 Å². The Bertz CT molecular complexity index is 1380. The first-order valence-electron chi connectivity index (χ1n) is 11.0. The van der Waals surface area contributed by atoms with Gasteiger partial charge in [-0.1, -0.05) is 66.7 Å². The van der Waals surface area contributed by atoms with Crippen molar-refractivity contribution in [1.29, 1.82) is 5.26 Å². The number of benzene rings is 3. The van der Waals surface area contributed by atoms with Crippen LogP contribution in [-0.2, 0) is 16.1 Å². The highest BCUT2D eigenvalue weighted by molar-refractivity contribution is 6.04. The second-order valence-electron chi connectivity index (χ2n) is 7.92. The Balaban J connectivity index is 1.57. The van der Waals surface area contributed by atoms with Gasteiger partial charge in [-0.05, 0) is 36.8 Å². The normalized spacial score (nSPS) is 12.1. The summed E-state index contributed by atoms with van der Waals surface area (Å²) in [4.78, 5) is 25.4. The van der Waals surface area contributed by atoms with Crippen molar-refractivity contribution >= 4 is 34.5 Å². The molecule has 0 aliphatic heterocycles. The van der Waals surface area contributed by atoms with Crippen molar-refractivity contribution in [2.75, 3.05) is 5.32 Å². The number of amides is 2. The maximum absolute atomic E-state index is 12.8. The molecular formula is C28H24N4O2. The van der Waals surface area contributed by atoms with Crippen LogP contribution in [0, 0.1) is 11.3 Å². The number of nitrogens with one attached hydrogen (secondary N) is 2. The van der Waals surface area contributed by atoms with Crippen LogP contribution >= 0.6 is 0 Å². The van der Waals surface area contributed by atoms with Gasteiger partial charge in [-0.15, -0.1) is 0 Å². The largest absolute Gasteiger partial charge is 0.345 e. The Hall–Kier alpha value is -4.63. The number of nitriles is 1. The maximum atomic E-state index is 12.8. The predicted molar refractivity (Wildman–Crippen MR) is 134 cm³/mol. The summed E-state index contributed by atoms with van der Waals surface area (Å²) in [6.45, 7) is 1.97. The third-order valence-electron chi connectivity index (χ3n) is 5.50. The summed E-state index contributed by atoms with van der Waals surface area (Å²) < 4.78 is 1.82. The number of anilines is 1. The smallest absolute Gasteiger partial charge is 0.262 e. The molecular weight excluding hydrogens is 424 g/mol. The molecule has 3 aromatic carbocycles. The molecule has 1 aromatic heterocycles. The number of fused-ring (bicyclic) bond motifs is 1. The zero-order chi connectivity index (χ0) is 23.9. The standard InChI is InChI=1S/C28H24N4O2/c1-20(21-10-4-2-5-11-21)30-28(34)22(17-29)16-23-18-32(26-15-9-8-14-25(23)26)19-27(33)31-24-12-6-3-7-13-24/h2-16,18,20H,19H2,1H3,(H,30,34)(H,31,33)/b22-16-/t20-/m1/s1. The second-order valence-corrected chi connectivity index (χ2v) is 7.92. The minimum Gasteiger partial charge on any atom is -0.345 e. The van der Waals surface area contributed by atoms with Crippen molar-refractivity contribution in [3.63, 3.8) is 0 Å². The van der Waals surface area contributed by atoms with E-state index in [2.05, 4.69) is 10.6 Å². The van der Waals surface area contributed by atoms with E-state index in [0.717, 1.165) is 22.2 Å². The summed E-state index contributed by atoms with van der Waals surface area (Å²) in [7, 11) is 0. The zero-order valence-electron chi connectivity index (χ0n) is 18.7. The maximum Gasteiger partial charge on any atom is 0.262 e. The first kappa shape index (κ1) is 22.6. The van der Waals surface area contributed by atoms with Crippen molar-refractivity contribution in [1.82, 2.24) is 9.88 Å². The van der Waals surface area contributed by atoms with Gasteiger partial charge < -0.3 is 15.2 Å². The molecule has 0 fully saturated rings. The number of rotatable bonds is 7. The van der Waals surface area contributed by atoms with Gasteiger partial charge in [-0.3, -0.25) is 9.59 Å². The van der Waals surface area contributed by atoms with Gasteiger partial charge in [-0.2, -0.15) is 5.26 Å². The monoisotopic (exact) mass is 448 g/mol. The SMILES string of the molecule is C[C@@H](NC(=O)/C(C#N)=C\c1cn(CC(=O)Nc2ccccc2)c2ccccc12)c1ccccc1. The Morgan fingerprint density at radius 2 is 1.62 bits per heavy atom. The number of nitrogens with zero attached hydrogens (tertiary/aromatic N) is 2. The molecule has 2 N–H and O–H groups in total. The van der Waals surface area contributed by atoms with E-state index in [1.165, 1.54) is 0 Å². The topological polar surface area (TPSA) is 86.9 Å². The van der Waals surface area contributed by atoms with Gasteiger partial charge in [0.2, 0.25) is 5.91 Å². The van der Waals surface area contributed by atoms with Crippen molar-refractivity contribution in [2.24, 2.45) is 0 Å². The average molecular weight is 449 g/mol. The lowest BCUT2D eigenvalue weighted by atomic mass is 10.1. The van der Waals surface area contributed by atoms with E-state index in [0.29, 0.717) is 5.56 Å². The molecule has 2 amide bonds. The quantitative estimate of drug-likeness (QED) is 0.306. The highest BCUT2D eigenvalue weighted by Crippen LogP contribution is 2.24. The van der Waals surface area contributed by atoms with Crippen LogP contribution in [0.3, 0.4) is 0 Å². The average Bonchev–Trinajstić information content (AvgIpc) is 3.20. The van der Waals surface area contributed by atoms with Gasteiger partial charge in [0.15, 0.2) is 0 Å². The van der Waals surface area contributed by atoms with Crippen LogP contribution in [0.5, 0.6) is 0 Å². The van der Waals surface area contributed by atoms with Crippen LogP contribution < -0.4 is 10.6 Å². The Morgan fingerprint density at radius 1 is 0.971 bits per heavy atom. The number of aromatic nitrogens is 1. The summed E-state index contributed by atoms with van der Waals surface area (Å²) >= 11 is 0. The molecule has 1 heterocycles. The second kappa shape index (κ2) is 10.3. The Kier molecular flexibility index (Phi) is 6.85. The molecule has 168 valence electrons. The van der Waals surface area contributed by atoms with E-state index < -0.39 is 5.91 Å². The van der Waals surface area contributed by atoms with Crippen LogP contribution in [0.25, 0.3) is 17.0 Å². The number of carbonyl (C=O) groups is 2. The third-order valence-corrected chi connectivity index (χ3v) is 5.50. The number of para-hydroxylation sites is 2. The minimum absolute atomic E-state index is 0.000536. The summed E-state index contributed by atoms with van der Waals surface area (Å²) in [5.74, 6) is -0.616. The molecule has 0 saturated heterocycles. The fourth-order valence-electron chi connectivity index (χ4n) is 3.80. The molecule has 0 saturated carbocycles. The highest BCUT2D eigenvalue weighted by Gasteiger charge is 2.16. The lowest BCUT2D eigenvalue weighted by Crippen LogP contribution is -2.27. The van der Waals surface area contributed by atoms with E-state index in [9.17, 15) is 14.9 Å². The van der Waals surface area contributed by atoms with E-state index in [-0.39, 0.29) is 24.1 Å². The molecule has 0 spiro atoms. The third kappa shape index (κ3) is 5.22. The van der Waals surface area contributed by atoms with Crippen molar-refractivity contribution in [3.8, 4) is 6.07 Å². The number of hydrogen-bond acceptors (Lipinski definition) is 3. The Morgan fingerprint density at radius 3 is 2.32 bits per heavy atom. The molecule has 34 heavy (non-hydrogen) atoms. The molecule has 0 aliphatic rings. The molecule has 6 heteroatoms. The van der Waals surface area contributed by atoms with Gasteiger partial charge in [0.25, 0.3) is 5.91 Å². The van der Waals surface area contributed by atoms with Crippen LogP contribution in [0.4, 0.5) is 5.69 Å². The summed E-state index contributed by atoms with van der Waals surface area (Å²) in [5.41, 5.74) is 3.21. The molecule has 4 rings (SSSR count). The van der Waals surface area contributed by atoms with Crippen molar-refractivity contribution in [3.05, 3.63) is 108 Å². The number of hydrogen-bond donors (Lipinski definition) is 2. The molecule has 1 atom stereocenters. The number of carbonyl (C=O) groups excluding carboxylic acids is 2. The lowest BCUT2D eigenvalue weighted by molar-refractivity contribution is -0.118. The minimum atomic E-state index is -0.447. The molecule has 0 unspecified atom stereocenters. The van der Waals surface area contributed by atoms with Crippen LogP contribution in [-0.4, -0.2) is 16.4 Å². The van der Waals surface area contributed by atoms with Crippen molar-refractivity contribution < 1.29 is 9.59 Å². The zero-order valence-corrected chi connectivity index (χ0v) is 18.7. The lowest BCUT2D eigenvalue weighted by Gasteiger charge is -2.13. The summed E-state index contributed by atoms with van der Waals surface area (Å²) in [6.07, 6.45) is 3.36. The van der Waals surface area contributed by atoms with Gasteiger partial charge in [0.1, 0.15) is 18.2 Å². The van der Waals surface area contributed by atoms with Crippen LogP contribution in [0.1, 0.15) is 24.1 Å². The fourth-order valence-corrected chi connectivity index (χ4v) is 3.80. The first-order chi connectivity index (χ1) is 16.5. The molecule has 0 radical (unpaired) electrons. The first-order valence-corrected chi connectivity index (χ1v) is 11.0. The van der Waals surface area contributed by atoms with E-state index in [1.54, 1.807) is 12.3 Å². The Labute approximate surface area is 198 Å². The molecule has 0 bridgehead atoms. The highest BCUT2D eigenvalue weighted by atomic mass is 16.2. The summed E-state index contributed by atoms with van der Waals surface area (Å²) in [6, 6.07) is 28.2. The predicted octanol–water partition coefficient (Wildman–Crippen LogP) is 5.06.